The summed E-state index contributed by atoms with van der Waals surface area (Å²) >= 11 is 1.66. The number of nitrogens with one attached hydrogen (secondary N) is 1. The van der Waals surface area contributed by atoms with Crippen molar-refractivity contribution in [1.29, 1.82) is 0 Å². The number of nitrogens with two attached hydrogens (primary N) is 1. The summed E-state index contributed by atoms with van der Waals surface area (Å²) in [5, 5.41) is 9.33. The maximum Gasteiger partial charge on any atom is 0.245 e. The van der Waals surface area contributed by atoms with Crippen molar-refractivity contribution in [1.82, 2.24) is 15.2 Å². The van der Waals surface area contributed by atoms with Crippen LogP contribution >= 0.6 is 11.3 Å². The van der Waals surface area contributed by atoms with Gasteiger partial charge in [0.1, 0.15) is 0 Å². The van der Waals surface area contributed by atoms with Crippen LogP contribution in [-0.4, -0.2) is 34.3 Å². The van der Waals surface area contributed by atoms with E-state index >= 15 is 0 Å². The Bertz CT molecular complexity index is 506. The second-order valence-electron chi connectivity index (χ2n) is 4.84. The molecule has 3 heterocycles. The molecule has 0 radical (unpaired) electrons. The van der Waals surface area contributed by atoms with E-state index in [0.717, 1.165) is 36.2 Å². The Hall–Kier alpha value is -1.40. The van der Waals surface area contributed by atoms with Gasteiger partial charge < -0.3 is 10.6 Å². The van der Waals surface area contributed by atoms with Crippen molar-refractivity contribution in [2.24, 2.45) is 11.7 Å². The monoisotopic (exact) mass is 263 g/mol. The van der Waals surface area contributed by atoms with Crippen LogP contribution in [0.2, 0.25) is 0 Å². The number of hydrogen-bond donors (Lipinski definition) is 2. The van der Waals surface area contributed by atoms with Crippen LogP contribution in [0, 0.1) is 5.92 Å². The first kappa shape index (κ1) is 11.7. The third-order valence-electron chi connectivity index (χ3n) is 3.53. The van der Waals surface area contributed by atoms with E-state index in [4.69, 9.17) is 5.73 Å². The van der Waals surface area contributed by atoms with Gasteiger partial charge in [-0.3, -0.25) is 5.10 Å². The van der Waals surface area contributed by atoms with E-state index in [-0.39, 0.29) is 6.04 Å². The van der Waals surface area contributed by atoms with Crippen LogP contribution in [0.25, 0.3) is 10.7 Å². The first-order valence-corrected chi connectivity index (χ1v) is 7.09. The second-order valence-corrected chi connectivity index (χ2v) is 5.78. The van der Waals surface area contributed by atoms with Gasteiger partial charge in [0, 0.05) is 19.1 Å². The van der Waals surface area contributed by atoms with E-state index in [1.807, 2.05) is 17.5 Å². The Labute approximate surface area is 110 Å². The number of rotatable bonds is 2. The molecule has 3 N–H and O–H groups in total. The number of aromatic amines is 1. The minimum atomic E-state index is 0.211. The lowest BCUT2D eigenvalue weighted by Crippen LogP contribution is -2.48. The fourth-order valence-corrected chi connectivity index (χ4v) is 2.86. The van der Waals surface area contributed by atoms with Gasteiger partial charge in [-0.05, 0) is 23.8 Å². The molecule has 3 rings (SSSR count). The minimum Gasteiger partial charge on any atom is -0.338 e. The quantitative estimate of drug-likeness (QED) is 0.865. The van der Waals surface area contributed by atoms with E-state index in [2.05, 4.69) is 27.0 Å². The van der Waals surface area contributed by atoms with Crippen molar-refractivity contribution in [3.63, 3.8) is 0 Å². The zero-order valence-electron chi connectivity index (χ0n) is 10.3. The molecule has 2 unspecified atom stereocenters. The molecule has 0 spiro atoms. The lowest BCUT2D eigenvalue weighted by atomic mass is 9.95. The number of anilines is 1. The summed E-state index contributed by atoms with van der Waals surface area (Å²) in [4.78, 5) is 7.83. The summed E-state index contributed by atoms with van der Waals surface area (Å²) in [6.45, 7) is 4.02. The molecule has 1 aliphatic heterocycles. The molecule has 18 heavy (non-hydrogen) atoms. The third-order valence-corrected chi connectivity index (χ3v) is 4.40. The lowest BCUT2D eigenvalue weighted by Gasteiger charge is -2.34. The van der Waals surface area contributed by atoms with Gasteiger partial charge in [0.25, 0.3) is 0 Å². The summed E-state index contributed by atoms with van der Waals surface area (Å²) in [6.07, 6.45) is 1.10. The topological polar surface area (TPSA) is 70.8 Å². The Morgan fingerprint density at radius 1 is 1.56 bits per heavy atom. The van der Waals surface area contributed by atoms with Crippen LogP contribution in [0.5, 0.6) is 0 Å². The Kier molecular flexibility index (Phi) is 3.05. The van der Waals surface area contributed by atoms with E-state index in [1.165, 1.54) is 0 Å². The maximum atomic E-state index is 6.10. The molecule has 0 saturated carbocycles. The summed E-state index contributed by atoms with van der Waals surface area (Å²) in [7, 11) is 0. The Morgan fingerprint density at radius 2 is 2.44 bits per heavy atom. The minimum absolute atomic E-state index is 0.211. The summed E-state index contributed by atoms with van der Waals surface area (Å²) in [5.41, 5.74) is 6.10. The average molecular weight is 263 g/mol. The molecular formula is C12H17N5S. The fourth-order valence-electron chi connectivity index (χ4n) is 2.20. The van der Waals surface area contributed by atoms with Crippen LogP contribution < -0.4 is 10.6 Å². The molecular weight excluding hydrogens is 246 g/mol. The molecule has 5 nitrogen and oxygen atoms in total. The van der Waals surface area contributed by atoms with Gasteiger partial charge >= 0.3 is 0 Å². The van der Waals surface area contributed by atoms with E-state index in [9.17, 15) is 0 Å². The molecule has 2 atom stereocenters. The predicted octanol–water partition coefficient (Wildman–Crippen LogP) is 1.71. The van der Waals surface area contributed by atoms with Crippen molar-refractivity contribution in [2.75, 3.05) is 18.0 Å². The van der Waals surface area contributed by atoms with Gasteiger partial charge in [0.2, 0.25) is 5.95 Å². The highest BCUT2D eigenvalue weighted by molar-refractivity contribution is 7.13. The number of H-pyrrole nitrogens is 1. The van der Waals surface area contributed by atoms with Crippen LogP contribution in [0.1, 0.15) is 13.3 Å². The highest BCUT2D eigenvalue weighted by Crippen LogP contribution is 2.24. The lowest BCUT2D eigenvalue weighted by molar-refractivity contribution is 0.376. The van der Waals surface area contributed by atoms with Crippen molar-refractivity contribution in [3.05, 3.63) is 17.5 Å². The van der Waals surface area contributed by atoms with Crippen LogP contribution in [-0.2, 0) is 0 Å². The van der Waals surface area contributed by atoms with Crippen molar-refractivity contribution in [2.45, 2.75) is 19.4 Å². The second kappa shape index (κ2) is 4.70. The van der Waals surface area contributed by atoms with Gasteiger partial charge in [0.05, 0.1) is 4.88 Å². The van der Waals surface area contributed by atoms with Crippen LogP contribution in [0.4, 0.5) is 5.95 Å². The van der Waals surface area contributed by atoms with Gasteiger partial charge in [-0.2, -0.15) is 4.98 Å². The molecule has 96 valence electrons. The van der Waals surface area contributed by atoms with Crippen LogP contribution in [0.15, 0.2) is 17.5 Å². The number of thiophene rings is 1. The number of nitrogens with zero attached hydrogens (tertiary/aromatic N) is 3. The fraction of sp³-hybridized carbons (Fsp3) is 0.500. The summed E-state index contributed by atoms with van der Waals surface area (Å²) in [5.74, 6) is 2.19. The van der Waals surface area contributed by atoms with E-state index < -0.39 is 0 Å². The van der Waals surface area contributed by atoms with E-state index in [0.29, 0.717) is 5.92 Å². The molecule has 2 aromatic heterocycles. The van der Waals surface area contributed by atoms with Crippen molar-refractivity contribution >= 4 is 17.3 Å². The molecule has 0 aromatic carbocycles. The maximum absolute atomic E-state index is 6.10. The molecule has 6 heteroatoms. The Balaban J connectivity index is 1.77. The third kappa shape index (κ3) is 2.13. The SMILES string of the molecule is CC1CCN(c2n[nH]c(-c3cccs3)n2)CC1N. The first-order chi connectivity index (χ1) is 8.74. The Morgan fingerprint density at radius 3 is 3.17 bits per heavy atom. The van der Waals surface area contributed by atoms with E-state index in [1.54, 1.807) is 11.3 Å². The van der Waals surface area contributed by atoms with Crippen molar-refractivity contribution < 1.29 is 0 Å². The van der Waals surface area contributed by atoms with Gasteiger partial charge in [-0.25, -0.2) is 0 Å². The summed E-state index contributed by atoms with van der Waals surface area (Å²) < 4.78 is 0. The van der Waals surface area contributed by atoms with Gasteiger partial charge in [0.15, 0.2) is 5.82 Å². The molecule has 0 bridgehead atoms. The van der Waals surface area contributed by atoms with Crippen LogP contribution in [0.3, 0.4) is 0 Å². The molecule has 2 aromatic rings. The van der Waals surface area contributed by atoms with Gasteiger partial charge in [-0.15, -0.1) is 16.4 Å². The smallest absolute Gasteiger partial charge is 0.245 e. The normalized spacial score (nSPS) is 24.4. The number of hydrogen-bond acceptors (Lipinski definition) is 5. The number of aromatic nitrogens is 3. The zero-order valence-corrected chi connectivity index (χ0v) is 11.2. The highest BCUT2D eigenvalue weighted by Gasteiger charge is 2.25. The number of piperidine rings is 1. The predicted molar refractivity (Wildman–Crippen MR) is 73.7 cm³/mol. The van der Waals surface area contributed by atoms with Gasteiger partial charge in [-0.1, -0.05) is 13.0 Å². The zero-order chi connectivity index (χ0) is 12.5. The standard InChI is InChI=1S/C12H17N5S/c1-8-4-5-17(7-9(8)13)12-14-11(15-16-12)10-3-2-6-18-10/h2-3,6,8-9H,4-5,7,13H2,1H3,(H,14,15,16). The first-order valence-electron chi connectivity index (χ1n) is 6.21. The molecule has 1 saturated heterocycles. The largest absolute Gasteiger partial charge is 0.338 e. The summed E-state index contributed by atoms with van der Waals surface area (Å²) in [6, 6.07) is 4.27. The molecule has 0 aliphatic carbocycles. The average Bonchev–Trinajstić information content (AvgIpc) is 3.01. The molecule has 1 aliphatic rings. The molecule has 0 amide bonds. The van der Waals surface area contributed by atoms with Crippen molar-refractivity contribution in [3.8, 4) is 10.7 Å². The highest BCUT2D eigenvalue weighted by atomic mass is 32.1. The molecule has 1 fully saturated rings.